The Balaban J connectivity index is 2.11. The number of halogens is 3. The molecule has 0 radical (unpaired) electrons. The molecule has 2 amide bonds. The maximum absolute atomic E-state index is 13.2. The van der Waals surface area contributed by atoms with Crippen molar-refractivity contribution in [3.63, 3.8) is 0 Å². The maximum Gasteiger partial charge on any atom is 0.416 e. The van der Waals surface area contributed by atoms with Gasteiger partial charge in [-0.2, -0.15) is 13.2 Å². The zero-order valence-corrected chi connectivity index (χ0v) is 18.1. The van der Waals surface area contributed by atoms with Crippen molar-refractivity contribution < 1.29 is 27.9 Å². The molecule has 0 aliphatic rings. The average molecular weight is 458 g/mol. The lowest BCUT2D eigenvalue weighted by Gasteiger charge is -2.22. The molecular weight excluding hydrogens is 437 g/mol. The molecule has 0 spiro atoms. The minimum absolute atomic E-state index is 0.0375. The van der Waals surface area contributed by atoms with E-state index in [9.17, 15) is 27.9 Å². The van der Waals surface area contributed by atoms with Crippen molar-refractivity contribution in [2.24, 2.45) is 5.73 Å². The molecule has 0 bridgehead atoms. The van der Waals surface area contributed by atoms with E-state index in [-0.39, 0.29) is 17.0 Å². The Labute approximate surface area is 187 Å². The molecule has 1 atom stereocenters. The number of imidazole rings is 1. The van der Waals surface area contributed by atoms with E-state index in [0.29, 0.717) is 17.7 Å². The number of fused-ring (bicyclic) bond motifs is 1. The number of aliphatic hydroxyl groups is 1. The third-order valence-corrected chi connectivity index (χ3v) is 5.01. The quantitative estimate of drug-likeness (QED) is 0.587. The van der Waals surface area contributed by atoms with Gasteiger partial charge in [-0.15, -0.1) is 0 Å². The molecule has 0 aliphatic heterocycles. The third-order valence-electron chi connectivity index (χ3n) is 5.01. The molecule has 2 aromatic heterocycles. The normalized spacial score (nSPS) is 13.2. The van der Waals surface area contributed by atoms with E-state index < -0.39 is 29.2 Å². The summed E-state index contributed by atoms with van der Waals surface area (Å²) in [5, 5.41) is 10.4. The summed E-state index contributed by atoms with van der Waals surface area (Å²) in [4.78, 5) is 29.5. The largest absolute Gasteiger partial charge is 0.416 e. The van der Waals surface area contributed by atoms with Crippen LogP contribution in [0, 0.1) is 11.8 Å². The van der Waals surface area contributed by atoms with Gasteiger partial charge in [0.25, 0.3) is 11.8 Å². The highest BCUT2D eigenvalue weighted by atomic mass is 19.4. The summed E-state index contributed by atoms with van der Waals surface area (Å²) in [5.41, 5.74) is 3.42. The summed E-state index contributed by atoms with van der Waals surface area (Å²) in [6, 6.07) is 8.04. The fourth-order valence-corrected chi connectivity index (χ4v) is 3.15. The number of hydrogen-bond donors (Lipinski definition) is 2. The zero-order valence-electron chi connectivity index (χ0n) is 18.1. The van der Waals surface area contributed by atoms with Crippen LogP contribution in [0.2, 0.25) is 0 Å². The maximum atomic E-state index is 13.2. The Bertz CT molecular complexity index is 1300. The van der Waals surface area contributed by atoms with Gasteiger partial charge in [-0.05, 0) is 38.1 Å². The van der Waals surface area contributed by atoms with Crippen molar-refractivity contribution in [2.45, 2.75) is 25.6 Å². The second-order valence-corrected chi connectivity index (χ2v) is 7.54. The smallest absolute Gasteiger partial charge is 0.370 e. The number of likely N-dealkylation sites (N-methyl/N-ethyl adjacent to an activating group) is 1. The Kier molecular flexibility index (Phi) is 6.20. The Morgan fingerprint density at radius 3 is 2.55 bits per heavy atom. The number of amides is 2. The van der Waals surface area contributed by atoms with E-state index in [1.54, 1.807) is 25.1 Å². The number of nitrogens with two attached hydrogens (primary N) is 1. The number of rotatable bonds is 4. The highest BCUT2D eigenvalue weighted by molar-refractivity contribution is 5.93. The van der Waals surface area contributed by atoms with Crippen molar-refractivity contribution in [2.75, 3.05) is 13.6 Å². The summed E-state index contributed by atoms with van der Waals surface area (Å²) in [6.07, 6.45) is -3.50. The van der Waals surface area contributed by atoms with Crippen LogP contribution in [0.4, 0.5) is 13.2 Å². The van der Waals surface area contributed by atoms with Gasteiger partial charge in [0, 0.05) is 30.9 Å². The molecule has 1 unspecified atom stereocenters. The van der Waals surface area contributed by atoms with Gasteiger partial charge >= 0.3 is 6.18 Å². The molecule has 10 heteroatoms. The third kappa shape index (κ3) is 4.83. The van der Waals surface area contributed by atoms with Crippen LogP contribution in [-0.2, 0) is 11.0 Å². The Hall–Kier alpha value is -3.84. The van der Waals surface area contributed by atoms with Gasteiger partial charge in [-0.25, -0.2) is 4.98 Å². The van der Waals surface area contributed by atoms with Gasteiger partial charge in [0.05, 0.1) is 16.8 Å². The van der Waals surface area contributed by atoms with Crippen molar-refractivity contribution in [3.05, 3.63) is 59.5 Å². The van der Waals surface area contributed by atoms with E-state index in [1.165, 1.54) is 29.3 Å². The van der Waals surface area contributed by atoms with Gasteiger partial charge in [-0.1, -0.05) is 24.0 Å². The number of aromatic nitrogens is 2. The van der Waals surface area contributed by atoms with Gasteiger partial charge in [-0.3, -0.25) is 14.0 Å². The van der Waals surface area contributed by atoms with Crippen LogP contribution in [0.3, 0.4) is 0 Å². The number of benzene rings is 1. The Morgan fingerprint density at radius 1 is 1.24 bits per heavy atom. The van der Waals surface area contributed by atoms with Crippen LogP contribution in [-0.4, -0.2) is 50.4 Å². The lowest BCUT2D eigenvalue weighted by atomic mass is 10.0. The van der Waals surface area contributed by atoms with E-state index in [1.807, 2.05) is 0 Å². The SMILES string of the molecule is CCN(C)C(=O)C(C)(O)C#Cc1cccc(-c2nc(C(N)=O)n3ccc(C(F)(F)F)cc23)c1. The first-order valence-electron chi connectivity index (χ1n) is 9.85. The predicted octanol–water partition coefficient (Wildman–Crippen LogP) is 2.70. The molecule has 3 rings (SSSR count). The van der Waals surface area contributed by atoms with Crippen molar-refractivity contribution >= 4 is 17.3 Å². The molecular formula is C23H21F3N4O3. The van der Waals surface area contributed by atoms with E-state index in [4.69, 9.17) is 5.73 Å². The minimum Gasteiger partial charge on any atom is -0.370 e. The highest BCUT2D eigenvalue weighted by Gasteiger charge is 2.32. The molecule has 3 N–H and O–H groups in total. The van der Waals surface area contributed by atoms with Crippen LogP contribution in [0.25, 0.3) is 16.8 Å². The predicted molar refractivity (Wildman–Crippen MR) is 115 cm³/mol. The van der Waals surface area contributed by atoms with E-state index in [2.05, 4.69) is 16.8 Å². The number of pyridine rings is 1. The standard InChI is InChI=1S/C23H21F3N4O3/c1-4-29(3)21(32)22(2,33)10-8-14-6-5-7-15(12-14)18-17-13-16(23(24,25)26)9-11-30(17)20(28-18)19(27)31/h5-7,9,11-13,33H,4H2,1-3H3,(H2,27,31). The molecule has 33 heavy (non-hydrogen) atoms. The highest BCUT2D eigenvalue weighted by Crippen LogP contribution is 2.33. The molecule has 172 valence electrons. The molecule has 1 aromatic carbocycles. The monoisotopic (exact) mass is 458 g/mol. The molecule has 0 saturated heterocycles. The zero-order chi connectivity index (χ0) is 24.6. The van der Waals surface area contributed by atoms with Gasteiger partial charge in [0.1, 0.15) is 0 Å². The van der Waals surface area contributed by atoms with Crippen molar-refractivity contribution in [1.29, 1.82) is 0 Å². The second kappa shape index (κ2) is 8.60. The van der Waals surface area contributed by atoms with Crippen molar-refractivity contribution in [3.8, 4) is 23.1 Å². The van der Waals surface area contributed by atoms with Gasteiger partial charge in [0.2, 0.25) is 11.4 Å². The molecule has 3 aromatic rings. The lowest BCUT2D eigenvalue weighted by molar-refractivity contribution is -0.142. The first kappa shape index (κ1) is 23.8. The summed E-state index contributed by atoms with van der Waals surface area (Å²) >= 11 is 0. The van der Waals surface area contributed by atoms with Gasteiger partial charge in [0.15, 0.2) is 0 Å². The lowest BCUT2D eigenvalue weighted by Crippen LogP contribution is -2.44. The first-order valence-corrected chi connectivity index (χ1v) is 9.85. The fourth-order valence-electron chi connectivity index (χ4n) is 3.15. The number of nitrogens with zero attached hydrogens (tertiary/aromatic N) is 3. The molecule has 2 heterocycles. The molecule has 0 fully saturated rings. The molecule has 0 saturated carbocycles. The summed E-state index contributed by atoms with van der Waals surface area (Å²) in [6.45, 7) is 3.42. The number of hydrogen-bond acceptors (Lipinski definition) is 4. The van der Waals surface area contributed by atoms with E-state index >= 15 is 0 Å². The summed E-state index contributed by atoms with van der Waals surface area (Å²) in [5.74, 6) is 3.55. The Morgan fingerprint density at radius 2 is 1.94 bits per heavy atom. The van der Waals surface area contributed by atoms with Gasteiger partial charge < -0.3 is 15.7 Å². The fraction of sp³-hybridized carbons (Fsp3) is 0.261. The number of primary amides is 1. The minimum atomic E-state index is -4.59. The average Bonchev–Trinajstić information content (AvgIpc) is 3.15. The van der Waals surface area contributed by atoms with E-state index in [0.717, 1.165) is 18.3 Å². The van der Waals surface area contributed by atoms with Crippen LogP contribution in [0.15, 0.2) is 42.6 Å². The first-order chi connectivity index (χ1) is 15.3. The second-order valence-electron chi connectivity index (χ2n) is 7.54. The topological polar surface area (TPSA) is 101 Å². The van der Waals surface area contributed by atoms with Crippen LogP contribution >= 0.6 is 0 Å². The van der Waals surface area contributed by atoms with Crippen molar-refractivity contribution in [1.82, 2.24) is 14.3 Å². The molecule has 0 aliphatic carbocycles. The van der Waals surface area contributed by atoms with Crippen LogP contribution in [0.5, 0.6) is 0 Å². The van der Waals surface area contributed by atoms with Crippen LogP contribution in [0.1, 0.15) is 35.6 Å². The number of carbonyl (C=O) groups is 2. The number of alkyl halides is 3. The number of carbonyl (C=O) groups excluding carboxylic acids is 2. The summed E-state index contributed by atoms with van der Waals surface area (Å²) in [7, 11) is 1.54. The summed E-state index contributed by atoms with van der Waals surface area (Å²) < 4.78 is 40.9. The van der Waals surface area contributed by atoms with Crippen LogP contribution < -0.4 is 5.73 Å². The molecule has 7 nitrogen and oxygen atoms in total.